The summed E-state index contributed by atoms with van der Waals surface area (Å²) in [4.78, 5) is 4.08. The van der Waals surface area contributed by atoms with Crippen LogP contribution in [0.3, 0.4) is 0 Å². The first kappa shape index (κ1) is 25.5. The molecule has 0 aliphatic carbocycles. The van der Waals surface area contributed by atoms with Crippen molar-refractivity contribution in [3.05, 3.63) is 70.9 Å². The second-order valence-electron chi connectivity index (χ2n) is 7.98. The third-order valence-corrected chi connectivity index (χ3v) is 10.5. The van der Waals surface area contributed by atoms with E-state index in [1.165, 1.54) is 16.4 Å². The summed E-state index contributed by atoms with van der Waals surface area (Å²) < 4.78 is 66.7. The predicted octanol–water partition coefficient (Wildman–Crippen LogP) is 5.04. The molecule has 178 valence electrons. The quantitative estimate of drug-likeness (QED) is 0.402. The summed E-state index contributed by atoms with van der Waals surface area (Å²) in [6, 6.07) is 13.0. The van der Waals surface area contributed by atoms with Crippen molar-refractivity contribution in [2.75, 3.05) is 6.26 Å². The molecule has 0 fully saturated rings. The number of aromatic nitrogens is 1. The van der Waals surface area contributed by atoms with Gasteiger partial charge in [0.05, 0.1) is 10.9 Å². The van der Waals surface area contributed by atoms with Crippen LogP contribution in [0, 0.1) is 5.82 Å². The fourth-order valence-electron chi connectivity index (χ4n) is 3.36. The number of hydrogen-bond acceptors (Lipinski definition) is 6. The molecule has 0 N–H and O–H groups in total. The largest absolute Gasteiger partial charge is 0.225 e. The van der Waals surface area contributed by atoms with Crippen LogP contribution in [0.4, 0.5) is 4.39 Å². The summed E-state index contributed by atoms with van der Waals surface area (Å²) >= 11 is 0.974. The molecule has 0 amide bonds. The Balaban J connectivity index is 1.92. The van der Waals surface area contributed by atoms with Crippen molar-refractivity contribution in [1.82, 2.24) is 9.29 Å². The minimum atomic E-state index is -3.77. The van der Waals surface area contributed by atoms with E-state index in [4.69, 9.17) is 0 Å². The van der Waals surface area contributed by atoms with Gasteiger partial charge in [-0.1, -0.05) is 49.4 Å². The Labute approximate surface area is 199 Å². The monoisotopic (exact) mass is 510 g/mol. The van der Waals surface area contributed by atoms with Crippen LogP contribution in [0.2, 0.25) is 0 Å². The molecule has 3 aromatic rings. The average molecular weight is 511 g/mol. The van der Waals surface area contributed by atoms with Crippen LogP contribution in [-0.2, 0) is 26.4 Å². The highest BCUT2D eigenvalue weighted by Crippen LogP contribution is 2.31. The molecule has 0 aliphatic rings. The smallest absolute Gasteiger partial charge is 0.221 e. The van der Waals surface area contributed by atoms with Crippen LogP contribution >= 0.6 is 11.3 Å². The zero-order valence-corrected chi connectivity index (χ0v) is 21.3. The zero-order valence-electron chi connectivity index (χ0n) is 18.9. The lowest BCUT2D eigenvalue weighted by Gasteiger charge is -2.31. The van der Waals surface area contributed by atoms with E-state index in [1.807, 2.05) is 19.9 Å². The third-order valence-electron chi connectivity index (χ3n) is 5.60. The minimum absolute atomic E-state index is 0.0362. The first-order chi connectivity index (χ1) is 15.4. The molecule has 6 nitrogen and oxygen atoms in total. The summed E-state index contributed by atoms with van der Waals surface area (Å²) in [5, 5.41) is 0.780. The Bertz CT molecular complexity index is 1320. The summed E-state index contributed by atoms with van der Waals surface area (Å²) in [6.07, 6.45) is 1.65. The molecular formula is C23H27FN2O4S3. The molecule has 10 heteroatoms. The number of hydrogen-bond donors (Lipinski definition) is 0. The molecule has 0 radical (unpaired) electrons. The Hall–Kier alpha value is -2.14. The zero-order chi connectivity index (χ0) is 24.4. The van der Waals surface area contributed by atoms with Crippen LogP contribution in [0.1, 0.15) is 43.6 Å². The van der Waals surface area contributed by atoms with Gasteiger partial charge in [0, 0.05) is 35.3 Å². The number of thiazole rings is 1. The van der Waals surface area contributed by atoms with Crippen molar-refractivity contribution in [3.8, 4) is 11.3 Å². The second kappa shape index (κ2) is 10.0. The molecule has 1 heterocycles. The highest BCUT2D eigenvalue weighted by molar-refractivity contribution is 7.92. The molecule has 0 saturated heterocycles. The molecule has 1 unspecified atom stereocenters. The molecule has 0 aliphatic heterocycles. The summed E-state index contributed by atoms with van der Waals surface area (Å²) in [7, 11) is -7.21. The standard InChI is InChI=1S/C23H27FN2O4S3/c1-5-16(2)26(33(29,30)17(3)18-9-7-6-8-10-18)14-20-12-11-19(13-21(20)24)22-15-31-23(25-22)32(4,27)28/h6-13,15-17H,5,14H2,1-4H3/t16-,17?/m0/s1. The van der Waals surface area contributed by atoms with E-state index in [1.54, 1.807) is 42.6 Å². The molecule has 1 aromatic heterocycles. The van der Waals surface area contributed by atoms with E-state index in [0.29, 0.717) is 23.2 Å². The van der Waals surface area contributed by atoms with Gasteiger partial charge in [0.15, 0.2) is 0 Å². The summed E-state index contributed by atoms with van der Waals surface area (Å²) in [5.74, 6) is -0.572. The number of sulfone groups is 1. The molecule has 0 saturated carbocycles. The van der Waals surface area contributed by atoms with Gasteiger partial charge in [-0.2, -0.15) is 4.31 Å². The lowest BCUT2D eigenvalue weighted by Crippen LogP contribution is -2.40. The van der Waals surface area contributed by atoms with Gasteiger partial charge in [-0.3, -0.25) is 0 Å². The topological polar surface area (TPSA) is 84.4 Å². The number of rotatable bonds is 9. The van der Waals surface area contributed by atoms with Crippen molar-refractivity contribution >= 4 is 31.2 Å². The van der Waals surface area contributed by atoms with Crippen molar-refractivity contribution in [2.24, 2.45) is 0 Å². The van der Waals surface area contributed by atoms with Crippen molar-refractivity contribution in [2.45, 2.75) is 49.4 Å². The minimum Gasteiger partial charge on any atom is -0.225 e. The van der Waals surface area contributed by atoms with E-state index >= 15 is 4.39 Å². The van der Waals surface area contributed by atoms with Gasteiger partial charge in [0.2, 0.25) is 24.2 Å². The first-order valence-corrected chi connectivity index (χ1v) is 14.7. The van der Waals surface area contributed by atoms with Gasteiger partial charge in [0.25, 0.3) is 0 Å². The Kier molecular flexibility index (Phi) is 7.73. The van der Waals surface area contributed by atoms with Gasteiger partial charge < -0.3 is 0 Å². The fraction of sp³-hybridized carbons (Fsp3) is 0.348. The maximum Gasteiger partial charge on any atom is 0.221 e. The summed E-state index contributed by atoms with van der Waals surface area (Å²) in [6.45, 7) is 5.23. The van der Waals surface area contributed by atoms with E-state index < -0.39 is 30.9 Å². The number of sulfonamides is 1. The Morgan fingerprint density at radius 3 is 2.27 bits per heavy atom. The normalized spacial score (nSPS) is 14.4. The van der Waals surface area contributed by atoms with Crippen molar-refractivity contribution in [3.63, 3.8) is 0 Å². The first-order valence-electron chi connectivity index (χ1n) is 10.4. The predicted molar refractivity (Wildman–Crippen MR) is 130 cm³/mol. The maximum atomic E-state index is 15.1. The Morgan fingerprint density at radius 2 is 1.73 bits per heavy atom. The molecule has 3 rings (SSSR count). The highest BCUT2D eigenvalue weighted by Gasteiger charge is 2.33. The fourth-order valence-corrected chi connectivity index (χ4v) is 6.90. The SMILES string of the molecule is CC[C@H](C)N(Cc1ccc(-c2csc(S(C)(=O)=O)n2)cc1F)S(=O)(=O)C(C)c1ccccc1. The van der Waals surface area contributed by atoms with E-state index in [9.17, 15) is 16.8 Å². The molecule has 2 atom stereocenters. The van der Waals surface area contributed by atoms with Crippen LogP contribution in [0.5, 0.6) is 0 Å². The lowest BCUT2D eigenvalue weighted by molar-refractivity contribution is 0.315. The van der Waals surface area contributed by atoms with Gasteiger partial charge in [-0.05, 0) is 31.9 Å². The van der Waals surface area contributed by atoms with Gasteiger partial charge in [-0.25, -0.2) is 26.2 Å². The molecule has 33 heavy (non-hydrogen) atoms. The number of benzene rings is 2. The molecule has 0 spiro atoms. The second-order valence-corrected chi connectivity index (χ2v) is 13.2. The highest BCUT2D eigenvalue weighted by atomic mass is 32.2. The maximum absolute atomic E-state index is 15.1. The van der Waals surface area contributed by atoms with Crippen LogP contribution in [0.15, 0.2) is 58.3 Å². The lowest BCUT2D eigenvalue weighted by atomic mass is 10.1. The molecular weight excluding hydrogens is 483 g/mol. The van der Waals surface area contributed by atoms with Crippen molar-refractivity contribution < 1.29 is 21.2 Å². The van der Waals surface area contributed by atoms with Crippen molar-refractivity contribution in [1.29, 1.82) is 0 Å². The van der Waals surface area contributed by atoms with E-state index in [-0.39, 0.29) is 22.5 Å². The van der Waals surface area contributed by atoms with E-state index in [0.717, 1.165) is 17.6 Å². The van der Waals surface area contributed by atoms with Gasteiger partial charge in [-0.15, -0.1) is 11.3 Å². The van der Waals surface area contributed by atoms with E-state index in [2.05, 4.69) is 4.98 Å². The van der Waals surface area contributed by atoms with Gasteiger partial charge in [0.1, 0.15) is 5.82 Å². The molecule has 0 bridgehead atoms. The van der Waals surface area contributed by atoms with Crippen LogP contribution in [0.25, 0.3) is 11.3 Å². The third kappa shape index (κ3) is 5.68. The number of halogens is 1. The Morgan fingerprint density at radius 1 is 1.06 bits per heavy atom. The number of nitrogens with zero attached hydrogens (tertiary/aromatic N) is 2. The van der Waals surface area contributed by atoms with Gasteiger partial charge >= 0.3 is 0 Å². The van der Waals surface area contributed by atoms with Crippen LogP contribution < -0.4 is 0 Å². The summed E-state index contributed by atoms with van der Waals surface area (Å²) in [5.41, 5.74) is 1.70. The average Bonchev–Trinajstić information content (AvgIpc) is 3.28. The van der Waals surface area contributed by atoms with Crippen LogP contribution in [-0.4, -0.2) is 38.4 Å². The molecule has 2 aromatic carbocycles.